The lowest BCUT2D eigenvalue weighted by Crippen LogP contribution is -2.12. The molecule has 1 aromatic heterocycles. The number of benzene rings is 1. The topological polar surface area (TPSA) is 42.0 Å². The van der Waals surface area contributed by atoms with Crippen molar-refractivity contribution in [1.29, 1.82) is 0 Å². The number of hydrogen-bond donors (Lipinski definition) is 1. The molecule has 0 aliphatic carbocycles. The third-order valence-corrected chi connectivity index (χ3v) is 2.77. The highest BCUT2D eigenvalue weighted by atomic mass is 19.1. The second-order valence-electron chi connectivity index (χ2n) is 4.33. The number of rotatable bonds is 4. The molecule has 4 heteroatoms. The average Bonchev–Trinajstić information content (AvgIpc) is 2.40. The summed E-state index contributed by atoms with van der Waals surface area (Å²) in [5, 5.41) is 2.73. The van der Waals surface area contributed by atoms with Gasteiger partial charge in [-0.2, -0.15) is 0 Å². The molecule has 2 aromatic rings. The van der Waals surface area contributed by atoms with E-state index in [0.717, 1.165) is 5.69 Å². The zero-order valence-electron chi connectivity index (χ0n) is 10.7. The van der Waals surface area contributed by atoms with Gasteiger partial charge in [-0.25, -0.2) is 4.39 Å². The smallest absolute Gasteiger partial charge is 0.224 e. The first kappa shape index (κ1) is 13.2. The van der Waals surface area contributed by atoms with Crippen molar-refractivity contribution < 1.29 is 9.18 Å². The maximum Gasteiger partial charge on any atom is 0.224 e. The molecule has 0 bridgehead atoms. The number of nitrogens with one attached hydrogen (secondary N) is 1. The quantitative estimate of drug-likeness (QED) is 0.915. The van der Waals surface area contributed by atoms with Crippen molar-refractivity contribution >= 4 is 11.6 Å². The first-order valence-electron chi connectivity index (χ1n) is 6.11. The molecule has 98 valence electrons. The SMILES string of the molecule is Cc1ccc(NC(=O)CCc2ccccc2F)cn1. The molecule has 0 saturated carbocycles. The van der Waals surface area contributed by atoms with Crippen LogP contribution in [0.5, 0.6) is 0 Å². The maximum absolute atomic E-state index is 13.4. The standard InChI is InChI=1S/C15H15FN2O/c1-11-6-8-13(10-17-11)18-15(19)9-7-12-4-2-3-5-14(12)16/h2-6,8,10H,7,9H2,1H3,(H,18,19). The summed E-state index contributed by atoms with van der Waals surface area (Å²) in [6.45, 7) is 1.88. The summed E-state index contributed by atoms with van der Waals surface area (Å²) in [5.41, 5.74) is 2.10. The molecule has 0 atom stereocenters. The number of carbonyl (C=O) groups excluding carboxylic acids is 1. The van der Waals surface area contributed by atoms with Crippen molar-refractivity contribution in [2.45, 2.75) is 19.8 Å². The van der Waals surface area contributed by atoms with E-state index in [4.69, 9.17) is 0 Å². The van der Waals surface area contributed by atoms with Gasteiger partial charge in [0.15, 0.2) is 0 Å². The number of anilines is 1. The molecule has 0 spiro atoms. The summed E-state index contributed by atoms with van der Waals surface area (Å²) < 4.78 is 13.4. The van der Waals surface area contributed by atoms with Crippen molar-refractivity contribution in [1.82, 2.24) is 4.98 Å². The lowest BCUT2D eigenvalue weighted by atomic mass is 10.1. The third kappa shape index (κ3) is 3.88. The van der Waals surface area contributed by atoms with Gasteiger partial charge in [0.25, 0.3) is 0 Å². The van der Waals surface area contributed by atoms with Gasteiger partial charge in [-0.05, 0) is 37.1 Å². The van der Waals surface area contributed by atoms with E-state index < -0.39 is 0 Å². The minimum atomic E-state index is -0.271. The Hall–Kier alpha value is -2.23. The summed E-state index contributed by atoms with van der Waals surface area (Å²) in [5.74, 6) is -0.416. The minimum absolute atomic E-state index is 0.145. The lowest BCUT2D eigenvalue weighted by Gasteiger charge is -2.05. The third-order valence-electron chi connectivity index (χ3n) is 2.77. The molecule has 1 amide bonds. The summed E-state index contributed by atoms with van der Waals surface area (Å²) in [6, 6.07) is 10.1. The molecule has 0 aliphatic rings. The highest BCUT2D eigenvalue weighted by Crippen LogP contribution is 2.10. The van der Waals surface area contributed by atoms with E-state index >= 15 is 0 Å². The number of aryl methyl sites for hydroxylation is 2. The number of halogens is 1. The van der Waals surface area contributed by atoms with Gasteiger partial charge in [-0.15, -0.1) is 0 Å². The summed E-state index contributed by atoms with van der Waals surface area (Å²) in [6.07, 6.45) is 2.24. The van der Waals surface area contributed by atoms with Crippen molar-refractivity contribution in [2.24, 2.45) is 0 Å². The highest BCUT2D eigenvalue weighted by Gasteiger charge is 2.06. The Balaban J connectivity index is 1.88. The van der Waals surface area contributed by atoms with Gasteiger partial charge in [0, 0.05) is 12.1 Å². The monoisotopic (exact) mass is 258 g/mol. The Bertz CT molecular complexity index is 567. The predicted octanol–water partition coefficient (Wildman–Crippen LogP) is 3.10. The number of nitrogens with zero attached hydrogens (tertiary/aromatic N) is 1. The zero-order valence-corrected chi connectivity index (χ0v) is 10.7. The predicted molar refractivity (Wildman–Crippen MR) is 72.3 cm³/mol. The molecule has 2 rings (SSSR count). The number of carbonyl (C=O) groups is 1. The molecular weight excluding hydrogens is 243 g/mol. The highest BCUT2D eigenvalue weighted by molar-refractivity contribution is 5.90. The van der Waals surface area contributed by atoms with Crippen LogP contribution in [0.3, 0.4) is 0 Å². The fraction of sp³-hybridized carbons (Fsp3) is 0.200. The van der Waals surface area contributed by atoms with Crippen LogP contribution in [0.4, 0.5) is 10.1 Å². The van der Waals surface area contributed by atoms with Crippen LogP contribution >= 0.6 is 0 Å². The molecule has 0 radical (unpaired) electrons. The Morgan fingerprint density at radius 2 is 2.05 bits per heavy atom. The first-order chi connectivity index (χ1) is 9.15. The fourth-order valence-corrected chi connectivity index (χ4v) is 1.71. The molecule has 0 unspecified atom stereocenters. The van der Waals surface area contributed by atoms with Crippen molar-refractivity contribution in [3.05, 3.63) is 59.7 Å². The van der Waals surface area contributed by atoms with Crippen LogP contribution < -0.4 is 5.32 Å². The van der Waals surface area contributed by atoms with Crippen LogP contribution in [0.2, 0.25) is 0 Å². The lowest BCUT2D eigenvalue weighted by molar-refractivity contribution is -0.116. The largest absolute Gasteiger partial charge is 0.325 e. The van der Waals surface area contributed by atoms with Crippen LogP contribution in [0.15, 0.2) is 42.6 Å². The van der Waals surface area contributed by atoms with E-state index in [-0.39, 0.29) is 18.1 Å². The number of aromatic nitrogens is 1. The Kier molecular flexibility index (Phi) is 4.23. The van der Waals surface area contributed by atoms with E-state index in [1.54, 1.807) is 30.5 Å². The van der Waals surface area contributed by atoms with Crippen LogP contribution in [0, 0.1) is 12.7 Å². The van der Waals surface area contributed by atoms with Crippen molar-refractivity contribution in [3.63, 3.8) is 0 Å². The summed E-state index contributed by atoms with van der Waals surface area (Å²) in [7, 11) is 0. The van der Waals surface area contributed by atoms with E-state index in [2.05, 4.69) is 10.3 Å². The van der Waals surface area contributed by atoms with Gasteiger partial charge in [-0.3, -0.25) is 9.78 Å². The van der Waals surface area contributed by atoms with E-state index in [1.165, 1.54) is 6.07 Å². The van der Waals surface area contributed by atoms with Crippen LogP contribution in [-0.2, 0) is 11.2 Å². The second kappa shape index (κ2) is 6.09. The molecule has 1 aromatic carbocycles. The van der Waals surface area contributed by atoms with Gasteiger partial charge in [0.1, 0.15) is 5.82 Å². The van der Waals surface area contributed by atoms with E-state index in [1.807, 2.05) is 13.0 Å². The fourth-order valence-electron chi connectivity index (χ4n) is 1.71. The van der Waals surface area contributed by atoms with E-state index in [9.17, 15) is 9.18 Å². The summed E-state index contributed by atoms with van der Waals surface area (Å²) in [4.78, 5) is 15.8. The zero-order chi connectivity index (χ0) is 13.7. The van der Waals surface area contributed by atoms with Gasteiger partial charge < -0.3 is 5.32 Å². The average molecular weight is 258 g/mol. The van der Waals surface area contributed by atoms with Crippen molar-refractivity contribution in [2.75, 3.05) is 5.32 Å². The summed E-state index contributed by atoms with van der Waals surface area (Å²) >= 11 is 0. The molecule has 1 heterocycles. The number of amides is 1. The Morgan fingerprint density at radius 1 is 1.26 bits per heavy atom. The number of pyridine rings is 1. The molecule has 19 heavy (non-hydrogen) atoms. The molecule has 0 saturated heterocycles. The van der Waals surface area contributed by atoms with Gasteiger partial charge >= 0.3 is 0 Å². The molecule has 1 N–H and O–H groups in total. The first-order valence-corrected chi connectivity index (χ1v) is 6.11. The van der Waals surface area contributed by atoms with E-state index in [0.29, 0.717) is 17.7 Å². The van der Waals surface area contributed by atoms with Crippen LogP contribution in [-0.4, -0.2) is 10.9 Å². The van der Waals surface area contributed by atoms with Crippen LogP contribution in [0.1, 0.15) is 17.7 Å². The van der Waals surface area contributed by atoms with Gasteiger partial charge in [0.05, 0.1) is 11.9 Å². The second-order valence-corrected chi connectivity index (χ2v) is 4.33. The number of hydrogen-bond acceptors (Lipinski definition) is 2. The van der Waals surface area contributed by atoms with Gasteiger partial charge in [0.2, 0.25) is 5.91 Å². The Morgan fingerprint density at radius 3 is 2.74 bits per heavy atom. The normalized spacial score (nSPS) is 10.2. The van der Waals surface area contributed by atoms with Crippen molar-refractivity contribution in [3.8, 4) is 0 Å². The minimum Gasteiger partial charge on any atom is -0.325 e. The molecule has 0 fully saturated rings. The maximum atomic E-state index is 13.4. The van der Waals surface area contributed by atoms with Crippen LogP contribution in [0.25, 0.3) is 0 Å². The molecule has 0 aliphatic heterocycles. The molecular formula is C15H15FN2O. The Labute approximate surface area is 111 Å². The van der Waals surface area contributed by atoms with Gasteiger partial charge in [-0.1, -0.05) is 18.2 Å². The molecule has 3 nitrogen and oxygen atoms in total.